The number of nitrogens with one attached hydrogen (secondary N) is 1. The largest absolute Gasteiger partial charge is 0.494 e. The van der Waals surface area contributed by atoms with Crippen molar-refractivity contribution < 1.29 is 9.47 Å². The Labute approximate surface area is 129 Å². The molecule has 1 heterocycles. The van der Waals surface area contributed by atoms with Crippen molar-refractivity contribution in [3.63, 3.8) is 0 Å². The third kappa shape index (κ3) is 6.06. The van der Waals surface area contributed by atoms with E-state index in [9.17, 15) is 0 Å². The third-order valence-electron chi connectivity index (χ3n) is 3.96. The van der Waals surface area contributed by atoms with Crippen LogP contribution >= 0.6 is 0 Å². The molecule has 0 aliphatic carbocycles. The van der Waals surface area contributed by atoms with Crippen LogP contribution in [0.25, 0.3) is 0 Å². The molecule has 0 amide bonds. The van der Waals surface area contributed by atoms with Gasteiger partial charge in [0.15, 0.2) is 0 Å². The molecule has 1 saturated heterocycles. The van der Waals surface area contributed by atoms with E-state index in [4.69, 9.17) is 9.47 Å². The van der Waals surface area contributed by atoms with Gasteiger partial charge in [-0.2, -0.15) is 0 Å². The zero-order chi connectivity index (χ0) is 14.9. The van der Waals surface area contributed by atoms with E-state index in [-0.39, 0.29) is 0 Å². The molecule has 21 heavy (non-hydrogen) atoms. The Balaban J connectivity index is 1.49. The van der Waals surface area contributed by atoms with E-state index in [1.807, 2.05) is 0 Å². The van der Waals surface area contributed by atoms with E-state index in [2.05, 4.69) is 43.4 Å². The summed E-state index contributed by atoms with van der Waals surface area (Å²) in [6, 6.07) is 8.46. The number of hydrogen-bond donors (Lipinski definition) is 1. The minimum atomic E-state index is 0.445. The molecule has 3 heteroatoms. The summed E-state index contributed by atoms with van der Waals surface area (Å²) in [7, 11) is 0. The summed E-state index contributed by atoms with van der Waals surface area (Å²) in [5.41, 5.74) is 1.36. The maximum Gasteiger partial charge on any atom is 0.119 e. The zero-order valence-electron chi connectivity index (χ0n) is 13.4. The van der Waals surface area contributed by atoms with Crippen molar-refractivity contribution in [1.29, 1.82) is 0 Å². The number of ether oxygens (including phenoxy) is 2. The molecule has 0 spiro atoms. The highest BCUT2D eigenvalue weighted by Crippen LogP contribution is 2.18. The first-order valence-electron chi connectivity index (χ1n) is 8.31. The van der Waals surface area contributed by atoms with E-state index in [1.54, 1.807) is 0 Å². The Morgan fingerprint density at radius 2 is 2.05 bits per heavy atom. The molecule has 0 radical (unpaired) electrons. The topological polar surface area (TPSA) is 30.5 Å². The average molecular weight is 291 g/mol. The molecule has 1 aliphatic heterocycles. The molecule has 1 atom stereocenters. The fraction of sp³-hybridized carbons (Fsp3) is 0.667. The third-order valence-corrected chi connectivity index (χ3v) is 3.96. The van der Waals surface area contributed by atoms with Crippen molar-refractivity contribution in [1.82, 2.24) is 5.32 Å². The van der Waals surface area contributed by atoms with Crippen LogP contribution in [0.15, 0.2) is 24.3 Å². The molecule has 1 N–H and O–H groups in total. The summed E-state index contributed by atoms with van der Waals surface area (Å²) in [6.07, 6.45) is 5.11. The highest BCUT2D eigenvalue weighted by Gasteiger charge is 2.13. The summed E-state index contributed by atoms with van der Waals surface area (Å²) in [5, 5.41) is 3.47. The lowest BCUT2D eigenvalue weighted by Crippen LogP contribution is -2.27. The number of benzene rings is 1. The van der Waals surface area contributed by atoms with E-state index in [1.165, 1.54) is 18.4 Å². The second kappa shape index (κ2) is 9.06. The Hall–Kier alpha value is -1.06. The Bertz CT molecular complexity index is 383. The fourth-order valence-electron chi connectivity index (χ4n) is 2.56. The highest BCUT2D eigenvalue weighted by molar-refractivity contribution is 5.28. The predicted molar refractivity (Wildman–Crippen MR) is 87.1 cm³/mol. The lowest BCUT2D eigenvalue weighted by molar-refractivity contribution is 0.110. The summed E-state index contributed by atoms with van der Waals surface area (Å²) >= 11 is 0. The van der Waals surface area contributed by atoms with Gasteiger partial charge in [0.2, 0.25) is 0 Å². The van der Waals surface area contributed by atoms with Crippen LogP contribution < -0.4 is 10.1 Å². The minimum Gasteiger partial charge on any atom is -0.494 e. The summed E-state index contributed by atoms with van der Waals surface area (Å²) < 4.78 is 11.3. The van der Waals surface area contributed by atoms with Gasteiger partial charge in [-0.15, -0.1) is 0 Å². The van der Waals surface area contributed by atoms with Gasteiger partial charge < -0.3 is 14.8 Å². The van der Waals surface area contributed by atoms with Gasteiger partial charge in [0.05, 0.1) is 12.7 Å². The van der Waals surface area contributed by atoms with Crippen molar-refractivity contribution in [3.05, 3.63) is 29.8 Å². The van der Waals surface area contributed by atoms with Crippen molar-refractivity contribution in [2.45, 2.75) is 51.6 Å². The van der Waals surface area contributed by atoms with E-state index < -0.39 is 0 Å². The van der Waals surface area contributed by atoms with Crippen molar-refractivity contribution in [3.8, 4) is 5.75 Å². The molecule has 0 saturated carbocycles. The maximum absolute atomic E-state index is 5.77. The molecule has 0 bridgehead atoms. The van der Waals surface area contributed by atoms with Crippen LogP contribution in [0.2, 0.25) is 0 Å². The predicted octanol–water partition coefficient (Wildman–Crippen LogP) is 3.74. The minimum absolute atomic E-state index is 0.445. The van der Waals surface area contributed by atoms with Crippen LogP contribution in [-0.2, 0) is 4.74 Å². The lowest BCUT2D eigenvalue weighted by Gasteiger charge is -2.11. The Morgan fingerprint density at radius 3 is 2.71 bits per heavy atom. The van der Waals surface area contributed by atoms with Crippen LogP contribution in [0.5, 0.6) is 5.75 Å². The quantitative estimate of drug-likeness (QED) is 0.703. The van der Waals surface area contributed by atoms with Crippen molar-refractivity contribution in [2.75, 3.05) is 26.3 Å². The molecule has 1 aromatic carbocycles. The van der Waals surface area contributed by atoms with Crippen LogP contribution in [0, 0.1) is 0 Å². The van der Waals surface area contributed by atoms with Gasteiger partial charge in [0.25, 0.3) is 0 Å². The molecule has 1 unspecified atom stereocenters. The smallest absolute Gasteiger partial charge is 0.119 e. The van der Waals surface area contributed by atoms with Crippen LogP contribution in [0.1, 0.15) is 51.0 Å². The molecule has 3 nitrogen and oxygen atoms in total. The molecule has 1 aliphatic rings. The van der Waals surface area contributed by atoms with E-state index >= 15 is 0 Å². The fourth-order valence-corrected chi connectivity index (χ4v) is 2.56. The average Bonchev–Trinajstić information content (AvgIpc) is 3.00. The van der Waals surface area contributed by atoms with Crippen LogP contribution in [0.3, 0.4) is 0 Å². The SMILES string of the molecule is CC(C)c1ccc(OCCCCNCC2CCCO2)cc1. The zero-order valence-corrected chi connectivity index (χ0v) is 13.4. The van der Waals surface area contributed by atoms with Crippen LogP contribution in [0.4, 0.5) is 0 Å². The molecule has 1 aromatic rings. The molecular weight excluding hydrogens is 262 g/mol. The Morgan fingerprint density at radius 1 is 1.24 bits per heavy atom. The number of hydrogen-bond acceptors (Lipinski definition) is 3. The summed E-state index contributed by atoms with van der Waals surface area (Å²) in [4.78, 5) is 0. The van der Waals surface area contributed by atoms with Gasteiger partial charge in [-0.25, -0.2) is 0 Å². The lowest BCUT2D eigenvalue weighted by atomic mass is 10.0. The standard InChI is InChI=1S/C18H29NO2/c1-15(2)16-7-9-17(10-8-16)20-12-4-3-11-19-14-18-6-5-13-21-18/h7-10,15,18-19H,3-6,11-14H2,1-2H3. The van der Waals surface area contributed by atoms with Gasteiger partial charge in [-0.3, -0.25) is 0 Å². The number of rotatable bonds is 9. The normalized spacial score (nSPS) is 18.3. The highest BCUT2D eigenvalue weighted by atomic mass is 16.5. The first-order valence-corrected chi connectivity index (χ1v) is 8.31. The van der Waals surface area contributed by atoms with E-state index in [0.29, 0.717) is 12.0 Å². The van der Waals surface area contributed by atoms with E-state index in [0.717, 1.165) is 44.9 Å². The summed E-state index contributed by atoms with van der Waals surface area (Å²) in [6.45, 7) is 8.20. The molecule has 1 fully saturated rings. The van der Waals surface area contributed by atoms with Crippen molar-refractivity contribution >= 4 is 0 Å². The molecule has 0 aromatic heterocycles. The molecule has 118 valence electrons. The number of unbranched alkanes of at least 4 members (excludes halogenated alkanes) is 1. The maximum atomic E-state index is 5.77. The van der Waals surface area contributed by atoms with Gasteiger partial charge in [-0.05, 0) is 55.8 Å². The van der Waals surface area contributed by atoms with Gasteiger partial charge in [0, 0.05) is 13.2 Å². The summed E-state index contributed by atoms with van der Waals surface area (Å²) in [5.74, 6) is 1.56. The first kappa shape index (κ1) is 16.3. The van der Waals surface area contributed by atoms with Crippen LogP contribution in [-0.4, -0.2) is 32.4 Å². The second-order valence-electron chi connectivity index (χ2n) is 6.12. The van der Waals surface area contributed by atoms with Gasteiger partial charge in [0.1, 0.15) is 5.75 Å². The van der Waals surface area contributed by atoms with Gasteiger partial charge >= 0.3 is 0 Å². The second-order valence-corrected chi connectivity index (χ2v) is 6.12. The molecular formula is C18H29NO2. The van der Waals surface area contributed by atoms with Gasteiger partial charge in [-0.1, -0.05) is 26.0 Å². The Kier molecular flexibility index (Phi) is 7.04. The monoisotopic (exact) mass is 291 g/mol. The molecule has 2 rings (SSSR count). The first-order chi connectivity index (χ1) is 10.3. The van der Waals surface area contributed by atoms with Crippen molar-refractivity contribution in [2.24, 2.45) is 0 Å².